The number of hydrogen-bond donors (Lipinski definition) is 0. The molecule has 1 fully saturated rings. The summed E-state index contributed by atoms with van der Waals surface area (Å²) in [6.45, 7) is 0. The largest absolute Gasteiger partial charge is 0.297 e. The van der Waals surface area contributed by atoms with Gasteiger partial charge in [0.25, 0.3) is 0 Å². The lowest BCUT2D eigenvalue weighted by Gasteiger charge is -2.04. The number of halogens is 1. The summed E-state index contributed by atoms with van der Waals surface area (Å²) in [5, 5.41) is 0. The van der Waals surface area contributed by atoms with E-state index in [1.165, 1.54) is 0 Å². The fourth-order valence-corrected chi connectivity index (χ4v) is 1.58. The molecule has 2 nitrogen and oxygen atoms in total. The molecule has 78 valence electrons. The molecule has 0 aromatic heterocycles. The van der Waals surface area contributed by atoms with E-state index in [0.29, 0.717) is 18.4 Å². The van der Waals surface area contributed by atoms with Gasteiger partial charge in [-0.05, 0) is 12.8 Å². The van der Waals surface area contributed by atoms with Crippen LogP contribution in [0.25, 0.3) is 0 Å². The number of hydrogen-bond acceptors (Lipinski definition) is 2. The summed E-state index contributed by atoms with van der Waals surface area (Å²) in [5.41, 5.74) is 0.576. The van der Waals surface area contributed by atoms with E-state index in [2.05, 4.69) is 0 Å². The molecule has 0 aliphatic heterocycles. The van der Waals surface area contributed by atoms with Gasteiger partial charge >= 0.3 is 0 Å². The van der Waals surface area contributed by atoms with Gasteiger partial charge in [0.1, 0.15) is 4.87 Å². The van der Waals surface area contributed by atoms with Crippen molar-refractivity contribution in [1.82, 2.24) is 0 Å². The zero-order chi connectivity index (χ0) is 10.9. The first-order chi connectivity index (χ1) is 7.12. The maximum Gasteiger partial charge on any atom is 0.170 e. The van der Waals surface area contributed by atoms with Gasteiger partial charge in [-0.2, -0.15) is 0 Å². The molecular weight excluding hydrogens is 212 g/mol. The average molecular weight is 223 g/mol. The maximum absolute atomic E-state index is 11.7. The molecular formula is C12H11ClO2. The molecule has 1 aromatic carbocycles. The molecule has 1 saturated carbocycles. The molecule has 0 amide bonds. The van der Waals surface area contributed by atoms with Gasteiger partial charge in [0.05, 0.1) is 6.42 Å². The number of benzene rings is 1. The Morgan fingerprint density at radius 2 is 1.80 bits per heavy atom. The zero-order valence-corrected chi connectivity index (χ0v) is 8.96. The van der Waals surface area contributed by atoms with Crippen molar-refractivity contribution in [3.63, 3.8) is 0 Å². The molecule has 0 N–H and O–H groups in total. The summed E-state index contributed by atoms with van der Waals surface area (Å²) >= 11 is 5.92. The molecule has 1 aliphatic carbocycles. The average Bonchev–Trinajstić information content (AvgIpc) is 2.99. The van der Waals surface area contributed by atoms with E-state index < -0.39 is 4.87 Å². The number of carbonyl (C=O) groups excluding carboxylic acids is 2. The number of carbonyl (C=O) groups is 2. The molecule has 0 heterocycles. The van der Waals surface area contributed by atoms with E-state index in [1.54, 1.807) is 24.3 Å². The lowest BCUT2D eigenvalue weighted by molar-refractivity contribution is -0.118. The van der Waals surface area contributed by atoms with Crippen LogP contribution in [0.3, 0.4) is 0 Å². The molecule has 0 radical (unpaired) electrons. The fourth-order valence-electron chi connectivity index (χ4n) is 1.42. The van der Waals surface area contributed by atoms with E-state index in [9.17, 15) is 9.59 Å². The lowest BCUT2D eigenvalue weighted by atomic mass is 10.0. The smallest absolute Gasteiger partial charge is 0.170 e. The molecule has 1 aromatic rings. The zero-order valence-electron chi connectivity index (χ0n) is 8.20. The summed E-state index contributed by atoms with van der Waals surface area (Å²) in [5.74, 6) is -0.287. The van der Waals surface area contributed by atoms with Crippen molar-refractivity contribution >= 4 is 23.2 Å². The van der Waals surface area contributed by atoms with Gasteiger partial charge in [0, 0.05) is 5.56 Å². The van der Waals surface area contributed by atoms with Crippen LogP contribution in [0, 0.1) is 0 Å². The minimum absolute atomic E-state index is 0.0759. The van der Waals surface area contributed by atoms with Crippen molar-refractivity contribution in [3.8, 4) is 0 Å². The van der Waals surface area contributed by atoms with E-state index in [4.69, 9.17) is 11.6 Å². The SMILES string of the molecule is O=C(CC(=O)C1(Cl)CC1)c1ccccc1. The van der Waals surface area contributed by atoms with Crippen LogP contribution in [-0.2, 0) is 4.79 Å². The second-order valence-corrected chi connectivity index (χ2v) is 4.58. The quantitative estimate of drug-likeness (QED) is 0.446. The second-order valence-electron chi connectivity index (χ2n) is 3.85. The number of Topliss-reactive ketones (excluding diaryl/α,β-unsaturated/α-hetero) is 2. The Balaban J connectivity index is 2.02. The Hall–Kier alpha value is -1.15. The Bertz CT molecular complexity index is 393. The highest BCUT2D eigenvalue weighted by Gasteiger charge is 2.47. The van der Waals surface area contributed by atoms with Crippen molar-refractivity contribution in [3.05, 3.63) is 35.9 Å². The Kier molecular flexibility index (Phi) is 2.61. The van der Waals surface area contributed by atoms with Crippen molar-refractivity contribution in [2.75, 3.05) is 0 Å². The van der Waals surface area contributed by atoms with Crippen LogP contribution in [0.2, 0.25) is 0 Å². The fraction of sp³-hybridized carbons (Fsp3) is 0.333. The Morgan fingerprint density at radius 1 is 1.20 bits per heavy atom. The van der Waals surface area contributed by atoms with Crippen molar-refractivity contribution in [1.29, 1.82) is 0 Å². The first-order valence-corrected chi connectivity index (χ1v) is 5.30. The summed E-state index contributed by atoms with van der Waals surface area (Å²) in [6.07, 6.45) is 1.33. The van der Waals surface area contributed by atoms with Crippen molar-refractivity contribution in [2.45, 2.75) is 24.1 Å². The van der Waals surface area contributed by atoms with Crippen LogP contribution in [0.1, 0.15) is 29.6 Å². The van der Waals surface area contributed by atoms with Gasteiger partial charge in [0.2, 0.25) is 0 Å². The molecule has 3 heteroatoms. The van der Waals surface area contributed by atoms with Gasteiger partial charge in [-0.3, -0.25) is 9.59 Å². The highest BCUT2D eigenvalue weighted by atomic mass is 35.5. The third-order valence-electron chi connectivity index (χ3n) is 2.61. The molecule has 0 bridgehead atoms. The molecule has 1 aliphatic rings. The summed E-state index contributed by atoms with van der Waals surface area (Å²) in [7, 11) is 0. The van der Waals surface area contributed by atoms with Gasteiger partial charge in [-0.15, -0.1) is 11.6 Å². The van der Waals surface area contributed by atoms with E-state index in [-0.39, 0.29) is 18.0 Å². The maximum atomic E-state index is 11.7. The molecule has 0 unspecified atom stereocenters. The van der Waals surface area contributed by atoms with E-state index in [0.717, 1.165) is 0 Å². The van der Waals surface area contributed by atoms with Gasteiger partial charge in [0.15, 0.2) is 11.6 Å². The first-order valence-electron chi connectivity index (χ1n) is 4.92. The number of ketones is 2. The van der Waals surface area contributed by atoms with Gasteiger partial charge < -0.3 is 0 Å². The standard InChI is InChI=1S/C12H11ClO2/c13-12(6-7-12)11(15)8-10(14)9-4-2-1-3-5-9/h1-5H,6-8H2. The summed E-state index contributed by atoms with van der Waals surface area (Å²) in [6, 6.07) is 8.83. The van der Waals surface area contributed by atoms with Crippen molar-refractivity contribution in [2.24, 2.45) is 0 Å². The monoisotopic (exact) mass is 222 g/mol. The summed E-state index contributed by atoms with van der Waals surface area (Å²) in [4.78, 5) is 22.5. The predicted octanol–water partition coefficient (Wildman–Crippen LogP) is 2.60. The van der Waals surface area contributed by atoms with Crippen LogP contribution in [0.5, 0.6) is 0 Å². The highest BCUT2D eigenvalue weighted by molar-refractivity contribution is 6.39. The van der Waals surface area contributed by atoms with Crippen LogP contribution < -0.4 is 0 Å². The topological polar surface area (TPSA) is 34.1 Å². The molecule has 0 saturated heterocycles. The normalized spacial score (nSPS) is 17.1. The Labute approximate surface area is 93.2 Å². The van der Waals surface area contributed by atoms with Crippen LogP contribution in [0.15, 0.2) is 30.3 Å². The molecule has 0 atom stereocenters. The van der Waals surface area contributed by atoms with E-state index >= 15 is 0 Å². The second kappa shape index (κ2) is 3.78. The highest BCUT2D eigenvalue weighted by Crippen LogP contribution is 2.44. The first kappa shape index (κ1) is 10.4. The number of alkyl halides is 1. The van der Waals surface area contributed by atoms with Crippen LogP contribution in [0.4, 0.5) is 0 Å². The third-order valence-corrected chi connectivity index (χ3v) is 3.19. The number of rotatable bonds is 4. The minimum atomic E-state index is -0.718. The van der Waals surface area contributed by atoms with Gasteiger partial charge in [-0.1, -0.05) is 30.3 Å². The molecule has 15 heavy (non-hydrogen) atoms. The predicted molar refractivity (Wildman–Crippen MR) is 58.2 cm³/mol. The van der Waals surface area contributed by atoms with Crippen LogP contribution >= 0.6 is 11.6 Å². The Morgan fingerprint density at radius 3 is 2.33 bits per heavy atom. The third kappa shape index (κ3) is 2.26. The van der Waals surface area contributed by atoms with Crippen LogP contribution in [-0.4, -0.2) is 16.4 Å². The lowest BCUT2D eigenvalue weighted by Crippen LogP contribution is -2.19. The summed E-state index contributed by atoms with van der Waals surface area (Å²) < 4.78 is 0. The van der Waals surface area contributed by atoms with Crippen molar-refractivity contribution < 1.29 is 9.59 Å². The molecule has 0 spiro atoms. The molecule has 2 rings (SSSR count). The van der Waals surface area contributed by atoms with Gasteiger partial charge in [-0.25, -0.2) is 0 Å². The van der Waals surface area contributed by atoms with E-state index in [1.807, 2.05) is 6.07 Å². The minimum Gasteiger partial charge on any atom is -0.297 e.